The summed E-state index contributed by atoms with van der Waals surface area (Å²) in [7, 11) is 0. The van der Waals surface area contributed by atoms with E-state index in [0.717, 1.165) is 12.8 Å². The molecule has 0 aliphatic rings. The molecule has 3 heteroatoms. The van der Waals surface area contributed by atoms with Crippen LogP contribution in [0.5, 0.6) is 0 Å². The van der Waals surface area contributed by atoms with Crippen LogP contribution in [0.3, 0.4) is 0 Å². The SMILES string of the molecule is CC=COC(=O)OCCCC. The predicted molar refractivity (Wildman–Crippen MR) is 42.2 cm³/mol. The van der Waals surface area contributed by atoms with E-state index in [4.69, 9.17) is 0 Å². The van der Waals surface area contributed by atoms with E-state index < -0.39 is 6.16 Å². The van der Waals surface area contributed by atoms with Gasteiger partial charge in [0.25, 0.3) is 0 Å². The zero-order valence-corrected chi connectivity index (χ0v) is 7.00. The topological polar surface area (TPSA) is 35.5 Å². The Kier molecular flexibility index (Phi) is 6.48. The minimum absolute atomic E-state index is 0.437. The molecule has 0 spiro atoms. The number of unbranched alkanes of at least 4 members (excludes halogenated alkanes) is 1. The molecule has 0 fully saturated rings. The van der Waals surface area contributed by atoms with Crippen molar-refractivity contribution in [3.63, 3.8) is 0 Å². The van der Waals surface area contributed by atoms with Crippen molar-refractivity contribution in [2.75, 3.05) is 6.61 Å². The van der Waals surface area contributed by atoms with E-state index in [9.17, 15) is 4.79 Å². The van der Waals surface area contributed by atoms with Gasteiger partial charge in [-0.1, -0.05) is 19.4 Å². The molecule has 0 unspecified atom stereocenters. The molecule has 0 saturated heterocycles. The zero-order chi connectivity index (χ0) is 8.53. The maximum Gasteiger partial charge on any atom is 0.513 e. The Hall–Kier alpha value is -0.990. The molecule has 0 rings (SSSR count). The molecular weight excluding hydrogens is 144 g/mol. The van der Waals surface area contributed by atoms with Crippen LogP contribution in [0, 0.1) is 0 Å². The molecule has 0 aromatic carbocycles. The molecule has 3 nitrogen and oxygen atoms in total. The summed E-state index contributed by atoms with van der Waals surface area (Å²) >= 11 is 0. The Balaban J connectivity index is 3.23. The van der Waals surface area contributed by atoms with Crippen LogP contribution in [0.25, 0.3) is 0 Å². The van der Waals surface area contributed by atoms with Crippen molar-refractivity contribution >= 4 is 6.16 Å². The molecule has 0 N–H and O–H groups in total. The lowest BCUT2D eigenvalue weighted by molar-refractivity contribution is 0.0835. The van der Waals surface area contributed by atoms with Gasteiger partial charge < -0.3 is 9.47 Å². The maximum absolute atomic E-state index is 10.6. The Morgan fingerprint density at radius 1 is 1.55 bits per heavy atom. The van der Waals surface area contributed by atoms with E-state index in [-0.39, 0.29) is 0 Å². The summed E-state index contributed by atoms with van der Waals surface area (Å²) in [6.45, 7) is 4.23. The summed E-state index contributed by atoms with van der Waals surface area (Å²) < 4.78 is 9.17. The van der Waals surface area contributed by atoms with Gasteiger partial charge in [0.05, 0.1) is 12.9 Å². The lowest BCUT2D eigenvalue weighted by Gasteiger charge is -2.00. The molecule has 0 bridgehead atoms. The second-order valence-electron chi connectivity index (χ2n) is 2.04. The second-order valence-corrected chi connectivity index (χ2v) is 2.04. The minimum Gasteiger partial charge on any atom is -0.434 e. The normalized spacial score (nSPS) is 10.0. The molecule has 0 radical (unpaired) electrons. The standard InChI is InChI=1S/C8H14O3/c1-3-5-7-11-8(9)10-6-4-2/h4,6H,3,5,7H2,1-2H3. The van der Waals surface area contributed by atoms with Gasteiger partial charge in [-0.2, -0.15) is 0 Å². The number of carbonyl (C=O) groups excluding carboxylic acids is 1. The van der Waals surface area contributed by atoms with E-state index in [1.54, 1.807) is 13.0 Å². The summed E-state index contributed by atoms with van der Waals surface area (Å²) in [6.07, 6.45) is 4.19. The Bertz CT molecular complexity index is 129. The first-order valence-electron chi connectivity index (χ1n) is 3.75. The fourth-order valence-corrected chi connectivity index (χ4v) is 0.457. The number of allylic oxidation sites excluding steroid dienone is 1. The first-order valence-corrected chi connectivity index (χ1v) is 3.75. The summed E-state index contributed by atoms with van der Waals surface area (Å²) in [5.41, 5.74) is 0. The highest BCUT2D eigenvalue weighted by atomic mass is 16.7. The molecule has 11 heavy (non-hydrogen) atoms. The van der Waals surface area contributed by atoms with Crippen LogP contribution < -0.4 is 0 Å². The largest absolute Gasteiger partial charge is 0.513 e. The van der Waals surface area contributed by atoms with Gasteiger partial charge in [0.2, 0.25) is 0 Å². The summed E-state index contributed by atoms with van der Waals surface area (Å²) in [4.78, 5) is 10.6. The summed E-state index contributed by atoms with van der Waals surface area (Å²) in [5.74, 6) is 0. The Morgan fingerprint density at radius 3 is 2.82 bits per heavy atom. The lowest BCUT2D eigenvalue weighted by atomic mass is 10.4. The molecular formula is C8H14O3. The summed E-state index contributed by atoms with van der Waals surface area (Å²) in [6, 6.07) is 0. The van der Waals surface area contributed by atoms with Crippen LogP contribution >= 0.6 is 0 Å². The van der Waals surface area contributed by atoms with Gasteiger partial charge in [-0.15, -0.1) is 0 Å². The van der Waals surface area contributed by atoms with Gasteiger partial charge in [-0.3, -0.25) is 0 Å². The third kappa shape index (κ3) is 6.90. The number of hydrogen-bond acceptors (Lipinski definition) is 3. The molecule has 0 aromatic heterocycles. The fourth-order valence-electron chi connectivity index (χ4n) is 0.457. The van der Waals surface area contributed by atoms with Gasteiger partial charge in [0.1, 0.15) is 0 Å². The van der Waals surface area contributed by atoms with Gasteiger partial charge in [0.15, 0.2) is 0 Å². The highest BCUT2D eigenvalue weighted by molar-refractivity contribution is 5.60. The average molecular weight is 158 g/mol. The lowest BCUT2D eigenvalue weighted by Crippen LogP contribution is -2.04. The minimum atomic E-state index is -0.628. The van der Waals surface area contributed by atoms with E-state index >= 15 is 0 Å². The van der Waals surface area contributed by atoms with Crippen LogP contribution in [-0.4, -0.2) is 12.8 Å². The van der Waals surface area contributed by atoms with Gasteiger partial charge in [-0.05, 0) is 13.3 Å². The fraction of sp³-hybridized carbons (Fsp3) is 0.625. The third-order valence-electron chi connectivity index (χ3n) is 1.02. The zero-order valence-electron chi connectivity index (χ0n) is 7.00. The Labute approximate surface area is 67.0 Å². The number of ether oxygens (including phenoxy) is 2. The highest BCUT2D eigenvalue weighted by Crippen LogP contribution is 1.91. The van der Waals surface area contributed by atoms with Crippen molar-refractivity contribution in [3.8, 4) is 0 Å². The van der Waals surface area contributed by atoms with Crippen molar-refractivity contribution in [1.29, 1.82) is 0 Å². The quantitative estimate of drug-likeness (QED) is 0.358. The van der Waals surface area contributed by atoms with E-state index in [1.165, 1.54) is 6.26 Å². The van der Waals surface area contributed by atoms with Crippen molar-refractivity contribution < 1.29 is 14.3 Å². The number of carbonyl (C=O) groups is 1. The monoisotopic (exact) mass is 158 g/mol. The molecule has 0 aliphatic heterocycles. The van der Waals surface area contributed by atoms with Crippen LogP contribution in [0.2, 0.25) is 0 Å². The van der Waals surface area contributed by atoms with Crippen LogP contribution in [0.15, 0.2) is 12.3 Å². The first-order chi connectivity index (χ1) is 5.31. The van der Waals surface area contributed by atoms with Crippen molar-refractivity contribution in [3.05, 3.63) is 12.3 Å². The van der Waals surface area contributed by atoms with E-state index in [1.807, 2.05) is 6.92 Å². The number of rotatable bonds is 4. The summed E-state index contributed by atoms with van der Waals surface area (Å²) in [5, 5.41) is 0. The predicted octanol–water partition coefficient (Wildman–Crippen LogP) is 2.47. The van der Waals surface area contributed by atoms with Crippen molar-refractivity contribution in [2.24, 2.45) is 0 Å². The van der Waals surface area contributed by atoms with Gasteiger partial charge >= 0.3 is 6.16 Å². The Morgan fingerprint density at radius 2 is 2.27 bits per heavy atom. The highest BCUT2D eigenvalue weighted by Gasteiger charge is 1.98. The molecule has 0 aliphatic carbocycles. The van der Waals surface area contributed by atoms with Crippen LogP contribution in [0.1, 0.15) is 26.7 Å². The van der Waals surface area contributed by atoms with Gasteiger partial charge in [-0.25, -0.2) is 4.79 Å². The van der Waals surface area contributed by atoms with Crippen molar-refractivity contribution in [1.82, 2.24) is 0 Å². The molecule has 0 saturated carbocycles. The molecule has 0 amide bonds. The second kappa shape index (κ2) is 7.12. The average Bonchev–Trinajstić information content (AvgIpc) is 2.01. The maximum atomic E-state index is 10.6. The molecule has 0 heterocycles. The van der Waals surface area contributed by atoms with Crippen LogP contribution in [-0.2, 0) is 9.47 Å². The first kappa shape index (κ1) is 10.0. The van der Waals surface area contributed by atoms with Crippen molar-refractivity contribution in [2.45, 2.75) is 26.7 Å². The van der Waals surface area contributed by atoms with E-state index in [0.29, 0.717) is 6.61 Å². The molecule has 64 valence electrons. The number of hydrogen-bond donors (Lipinski definition) is 0. The third-order valence-corrected chi connectivity index (χ3v) is 1.02. The van der Waals surface area contributed by atoms with Crippen LogP contribution in [0.4, 0.5) is 4.79 Å². The molecule has 0 atom stereocenters. The smallest absolute Gasteiger partial charge is 0.434 e. The van der Waals surface area contributed by atoms with E-state index in [2.05, 4.69) is 9.47 Å². The molecule has 0 aromatic rings. The van der Waals surface area contributed by atoms with Gasteiger partial charge in [0, 0.05) is 0 Å².